The SMILES string of the molecule is COc1ccc(CCNC(=O)c2cc(SC)ccc2Cl)cc1OC. The van der Waals surface area contributed by atoms with Crippen LogP contribution in [0.1, 0.15) is 15.9 Å². The van der Waals surface area contributed by atoms with E-state index in [1.165, 1.54) is 0 Å². The molecule has 0 spiro atoms. The highest BCUT2D eigenvalue weighted by molar-refractivity contribution is 7.98. The molecule has 1 amide bonds. The minimum atomic E-state index is -0.170. The zero-order valence-corrected chi connectivity index (χ0v) is 15.5. The molecule has 0 bridgehead atoms. The van der Waals surface area contributed by atoms with Gasteiger partial charge in [0.05, 0.1) is 24.8 Å². The number of methoxy groups -OCH3 is 2. The lowest BCUT2D eigenvalue weighted by molar-refractivity contribution is 0.0954. The molecule has 24 heavy (non-hydrogen) atoms. The van der Waals surface area contributed by atoms with E-state index in [1.807, 2.05) is 30.5 Å². The maximum Gasteiger partial charge on any atom is 0.252 e. The summed E-state index contributed by atoms with van der Waals surface area (Å²) in [6.07, 6.45) is 2.65. The summed E-state index contributed by atoms with van der Waals surface area (Å²) in [6.45, 7) is 0.508. The monoisotopic (exact) mass is 365 g/mol. The van der Waals surface area contributed by atoms with E-state index < -0.39 is 0 Å². The first-order chi connectivity index (χ1) is 11.6. The molecule has 1 N–H and O–H groups in total. The molecule has 2 rings (SSSR count). The molecule has 128 valence electrons. The van der Waals surface area contributed by atoms with Crippen molar-refractivity contribution in [3.05, 3.63) is 52.5 Å². The number of rotatable bonds is 7. The maximum atomic E-state index is 12.3. The fraction of sp³-hybridized carbons (Fsp3) is 0.278. The van der Waals surface area contributed by atoms with Gasteiger partial charge in [-0.1, -0.05) is 17.7 Å². The largest absolute Gasteiger partial charge is 0.493 e. The first-order valence-electron chi connectivity index (χ1n) is 7.41. The minimum Gasteiger partial charge on any atom is -0.493 e. The summed E-state index contributed by atoms with van der Waals surface area (Å²) in [6, 6.07) is 11.2. The average Bonchev–Trinajstić information content (AvgIpc) is 2.61. The number of carbonyl (C=O) groups excluding carboxylic acids is 1. The molecule has 4 nitrogen and oxygen atoms in total. The van der Waals surface area contributed by atoms with E-state index in [-0.39, 0.29) is 5.91 Å². The van der Waals surface area contributed by atoms with Crippen LogP contribution in [-0.4, -0.2) is 32.9 Å². The smallest absolute Gasteiger partial charge is 0.252 e. The molecule has 0 fully saturated rings. The Balaban J connectivity index is 1.98. The van der Waals surface area contributed by atoms with Crippen LogP contribution in [-0.2, 0) is 6.42 Å². The Kier molecular flexibility index (Phi) is 6.82. The molecule has 0 unspecified atom stereocenters. The molecular formula is C18H20ClNO3S. The lowest BCUT2D eigenvalue weighted by Crippen LogP contribution is -2.26. The number of hydrogen-bond donors (Lipinski definition) is 1. The second-order valence-corrected chi connectivity index (χ2v) is 6.33. The molecule has 0 saturated carbocycles. The Labute approximate surface area is 151 Å². The standard InChI is InChI=1S/C18H20ClNO3S/c1-22-16-7-4-12(10-17(16)23-2)8-9-20-18(21)14-11-13(24-3)5-6-15(14)19/h4-7,10-11H,8-9H2,1-3H3,(H,20,21). The molecular weight excluding hydrogens is 346 g/mol. The van der Waals surface area contributed by atoms with Gasteiger partial charge >= 0.3 is 0 Å². The molecule has 6 heteroatoms. The zero-order valence-electron chi connectivity index (χ0n) is 13.9. The van der Waals surface area contributed by atoms with Crippen LogP contribution in [0.15, 0.2) is 41.3 Å². The van der Waals surface area contributed by atoms with E-state index in [4.69, 9.17) is 21.1 Å². The molecule has 0 radical (unpaired) electrons. The Morgan fingerprint density at radius 1 is 1.12 bits per heavy atom. The number of amides is 1. The summed E-state index contributed by atoms with van der Waals surface area (Å²) in [4.78, 5) is 13.3. The van der Waals surface area contributed by atoms with Crippen molar-refractivity contribution in [3.63, 3.8) is 0 Å². The Morgan fingerprint density at radius 2 is 1.88 bits per heavy atom. The summed E-state index contributed by atoms with van der Waals surface area (Å²) >= 11 is 7.69. The number of hydrogen-bond acceptors (Lipinski definition) is 4. The van der Waals surface area contributed by atoms with Crippen LogP contribution in [0, 0.1) is 0 Å². The van der Waals surface area contributed by atoms with Crippen molar-refractivity contribution < 1.29 is 14.3 Å². The second kappa shape index (κ2) is 8.85. The van der Waals surface area contributed by atoms with Gasteiger partial charge in [0, 0.05) is 11.4 Å². The molecule has 0 aliphatic heterocycles. The summed E-state index contributed by atoms with van der Waals surface area (Å²) in [5.74, 6) is 1.19. The van der Waals surface area contributed by atoms with Gasteiger partial charge in [-0.25, -0.2) is 0 Å². The van der Waals surface area contributed by atoms with E-state index >= 15 is 0 Å². The molecule has 0 atom stereocenters. The number of thioether (sulfide) groups is 1. The van der Waals surface area contributed by atoms with Crippen molar-refractivity contribution in [1.29, 1.82) is 0 Å². The van der Waals surface area contributed by atoms with Crippen LogP contribution >= 0.6 is 23.4 Å². The lowest BCUT2D eigenvalue weighted by Gasteiger charge is -2.11. The fourth-order valence-corrected chi connectivity index (χ4v) is 2.90. The molecule has 0 aliphatic carbocycles. The fourth-order valence-electron chi connectivity index (χ4n) is 2.26. The topological polar surface area (TPSA) is 47.6 Å². The molecule has 0 aliphatic rings. The van der Waals surface area contributed by atoms with Gasteiger partial charge < -0.3 is 14.8 Å². The van der Waals surface area contributed by atoms with Crippen molar-refractivity contribution >= 4 is 29.3 Å². The Bertz CT molecular complexity index is 721. The van der Waals surface area contributed by atoms with Crippen LogP contribution in [0.3, 0.4) is 0 Å². The highest BCUT2D eigenvalue weighted by Gasteiger charge is 2.11. The quantitative estimate of drug-likeness (QED) is 0.752. The summed E-state index contributed by atoms with van der Waals surface area (Å²) in [5.41, 5.74) is 1.55. The van der Waals surface area contributed by atoms with Crippen molar-refractivity contribution in [2.45, 2.75) is 11.3 Å². The van der Waals surface area contributed by atoms with Crippen LogP contribution in [0.25, 0.3) is 0 Å². The van der Waals surface area contributed by atoms with Gasteiger partial charge in [-0.2, -0.15) is 0 Å². The van der Waals surface area contributed by atoms with Gasteiger partial charge in [-0.15, -0.1) is 11.8 Å². The van der Waals surface area contributed by atoms with Crippen LogP contribution in [0.4, 0.5) is 0 Å². The molecule has 2 aromatic rings. The third-order valence-electron chi connectivity index (χ3n) is 3.57. The Hall–Kier alpha value is -1.85. The number of halogens is 1. The van der Waals surface area contributed by atoms with Crippen LogP contribution in [0.2, 0.25) is 5.02 Å². The first kappa shape index (κ1) is 18.5. The minimum absolute atomic E-state index is 0.170. The van der Waals surface area contributed by atoms with Crippen molar-refractivity contribution in [2.24, 2.45) is 0 Å². The molecule has 0 heterocycles. The highest BCUT2D eigenvalue weighted by Crippen LogP contribution is 2.27. The lowest BCUT2D eigenvalue weighted by atomic mass is 10.1. The van der Waals surface area contributed by atoms with E-state index in [2.05, 4.69) is 5.32 Å². The van der Waals surface area contributed by atoms with Gasteiger partial charge in [-0.05, 0) is 48.6 Å². The second-order valence-electron chi connectivity index (χ2n) is 5.04. The number of carbonyl (C=O) groups is 1. The van der Waals surface area contributed by atoms with Gasteiger partial charge in [0.1, 0.15) is 0 Å². The predicted octanol–water partition coefficient (Wildman–Crippen LogP) is 4.05. The third-order valence-corrected chi connectivity index (χ3v) is 4.62. The van der Waals surface area contributed by atoms with Gasteiger partial charge in [-0.3, -0.25) is 4.79 Å². The Morgan fingerprint density at radius 3 is 2.54 bits per heavy atom. The summed E-state index contributed by atoms with van der Waals surface area (Å²) in [7, 11) is 3.20. The van der Waals surface area contributed by atoms with Gasteiger partial charge in [0.2, 0.25) is 0 Å². The van der Waals surface area contributed by atoms with E-state index in [0.29, 0.717) is 35.1 Å². The van der Waals surface area contributed by atoms with Gasteiger partial charge in [0.15, 0.2) is 11.5 Å². The zero-order chi connectivity index (χ0) is 17.5. The molecule has 0 aromatic heterocycles. The normalized spacial score (nSPS) is 10.3. The predicted molar refractivity (Wildman–Crippen MR) is 98.8 cm³/mol. The van der Waals surface area contributed by atoms with Crippen molar-refractivity contribution in [3.8, 4) is 11.5 Å². The van der Waals surface area contributed by atoms with Crippen LogP contribution in [0.5, 0.6) is 11.5 Å². The van der Waals surface area contributed by atoms with Crippen LogP contribution < -0.4 is 14.8 Å². The third kappa shape index (κ3) is 4.58. The van der Waals surface area contributed by atoms with Crippen molar-refractivity contribution in [1.82, 2.24) is 5.32 Å². The van der Waals surface area contributed by atoms with E-state index in [0.717, 1.165) is 10.5 Å². The molecule has 0 saturated heterocycles. The maximum absolute atomic E-state index is 12.3. The number of ether oxygens (including phenoxy) is 2. The number of nitrogens with one attached hydrogen (secondary N) is 1. The first-order valence-corrected chi connectivity index (χ1v) is 9.02. The highest BCUT2D eigenvalue weighted by atomic mass is 35.5. The van der Waals surface area contributed by atoms with E-state index in [1.54, 1.807) is 38.1 Å². The summed E-state index contributed by atoms with van der Waals surface area (Å²) < 4.78 is 10.5. The summed E-state index contributed by atoms with van der Waals surface area (Å²) in [5, 5.41) is 3.36. The van der Waals surface area contributed by atoms with Gasteiger partial charge in [0.25, 0.3) is 5.91 Å². The van der Waals surface area contributed by atoms with E-state index in [9.17, 15) is 4.79 Å². The van der Waals surface area contributed by atoms with Crippen molar-refractivity contribution in [2.75, 3.05) is 27.0 Å². The average molecular weight is 366 g/mol. The number of benzene rings is 2. The molecule has 2 aromatic carbocycles.